The molecule has 0 aromatic heterocycles. The Morgan fingerprint density at radius 3 is 1.94 bits per heavy atom. The third-order valence-corrected chi connectivity index (χ3v) is 8.43. The van der Waals surface area contributed by atoms with Gasteiger partial charge >= 0.3 is 122 Å². The van der Waals surface area contributed by atoms with Gasteiger partial charge in [-0.25, -0.2) is 0 Å². The van der Waals surface area contributed by atoms with Gasteiger partial charge in [0, 0.05) is 0 Å². The standard InChI is InChI=1S/C12H18NO.CH3.Ac/c1-8-7-11(14-6)9(2)10(3)12(8)13(4)5;;/h1-6H3;1H3;. The topological polar surface area (TPSA) is 12.5 Å². The fourth-order valence-corrected chi connectivity index (χ4v) is 7.20. The van der Waals surface area contributed by atoms with E-state index in [1.54, 1.807) is 7.85 Å². The van der Waals surface area contributed by atoms with Gasteiger partial charge in [0.15, 0.2) is 0 Å². The summed E-state index contributed by atoms with van der Waals surface area (Å²) < 4.78 is 9.55. The summed E-state index contributed by atoms with van der Waals surface area (Å²) in [7, 11) is 6.04. The summed E-state index contributed by atoms with van der Waals surface area (Å²) in [5.41, 5.74) is 5.49. The van der Waals surface area contributed by atoms with E-state index in [1.165, 1.54) is 22.4 Å². The number of anilines is 1. The van der Waals surface area contributed by atoms with Crippen LogP contribution in [0.25, 0.3) is 0 Å². The quantitative estimate of drug-likeness (QED) is 0.725. The molecule has 0 aliphatic rings. The fourth-order valence-electron chi connectivity index (χ4n) is 2.41. The molecule has 1 aromatic rings. The molecule has 0 amide bonds. The zero-order valence-electron chi connectivity index (χ0n) is 11.4. The minimum absolute atomic E-state index is 0.933. The van der Waals surface area contributed by atoms with Crippen LogP contribution < -0.4 is 10.4 Å². The van der Waals surface area contributed by atoms with Crippen LogP contribution in [-0.4, -0.2) is 21.2 Å². The summed E-state index contributed by atoms with van der Waals surface area (Å²) in [6.07, 6.45) is 0. The number of benzene rings is 1. The maximum atomic E-state index is 5.60. The number of ether oxygens (including phenoxy) is 1. The van der Waals surface area contributed by atoms with Crippen LogP contribution in [-0.2, 0) is 0 Å². The molecule has 0 saturated heterocycles. The zero-order chi connectivity index (χ0) is 12.5. The number of methoxy groups -OCH3 is 1. The molecule has 0 heterocycles. The second-order valence-electron chi connectivity index (χ2n) is 4.35. The van der Waals surface area contributed by atoms with Crippen LogP contribution in [0, 0.1) is 60.5 Å². The minimum atomic E-state index is -0.933. The monoisotopic (exact) mass is 434 g/mol. The Morgan fingerprint density at radius 1 is 1.00 bits per heavy atom. The van der Waals surface area contributed by atoms with Gasteiger partial charge in [-0.05, 0) is 0 Å². The maximum absolute atomic E-state index is 5.60. The van der Waals surface area contributed by atoms with Gasteiger partial charge in [0.2, 0.25) is 0 Å². The Hall–Kier alpha value is 0.262. The van der Waals surface area contributed by atoms with Crippen molar-refractivity contribution >= 4 is 6.43 Å². The molecule has 87 valence electrons. The number of nitrogens with zero attached hydrogens (tertiary/aromatic N) is 1. The predicted octanol–water partition coefficient (Wildman–Crippen LogP) is 2.44. The second kappa shape index (κ2) is 5.74. The molecule has 0 N–H and O–H groups in total. The van der Waals surface area contributed by atoms with E-state index in [9.17, 15) is 0 Å². The van der Waals surface area contributed by atoms with Crippen molar-refractivity contribution in [2.75, 3.05) is 26.1 Å². The Balaban J connectivity index is 3.62. The van der Waals surface area contributed by atoms with Crippen LogP contribution in [0.4, 0.5) is 5.69 Å². The Labute approximate surface area is 121 Å². The zero-order valence-corrected chi connectivity index (χ0v) is 16.2. The Morgan fingerprint density at radius 2 is 1.56 bits per heavy atom. The molecule has 3 heteroatoms. The van der Waals surface area contributed by atoms with E-state index in [4.69, 9.17) is 4.74 Å². The summed E-state index contributed by atoms with van der Waals surface area (Å²) >= 11 is -0.933. The molecule has 0 bridgehead atoms. The fraction of sp³-hybridized carbons (Fsp3) is 0.538. The van der Waals surface area contributed by atoms with Gasteiger partial charge in [-0.15, -0.1) is 0 Å². The first-order valence-electron chi connectivity index (χ1n) is 5.60. The average Bonchev–Trinajstić information content (AvgIpc) is 2.22. The van der Waals surface area contributed by atoms with E-state index >= 15 is 0 Å². The molecule has 0 fully saturated rings. The van der Waals surface area contributed by atoms with Crippen molar-refractivity contribution in [2.45, 2.75) is 22.9 Å². The molecule has 0 unspecified atom stereocenters. The van der Waals surface area contributed by atoms with Gasteiger partial charge in [-0.1, -0.05) is 0 Å². The predicted molar refractivity (Wildman–Crippen MR) is 67.0 cm³/mol. The van der Waals surface area contributed by atoms with Crippen LogP contribution >= 0.6 is 0 Å². The first kappa shape index (κ1) is 14.3. The Kier molecular flexibility index (Phi) is 5.14. The van der Waals surface area contributed by atoms with E-state index in [1.807, 2.05) is 0 Å². The second-order valence-corrected chi connectivity index (χ2v) is 9.10. The van der Waals surface area contributed by atoms with E-state index in [0.29, 0.717) is 0 Å². The summed E-state index contributed by atoms with van der Waals surface area (Å²) in [6, 6.07) is 0. The molecule has 0 atom stereocenters. The van der Waals surface area contributed by atoms with Crippen molar-refractivity contribution in [1.82, 2.24) is 0 Å². The van der Waals surface area contributed by atoms with Gasteiger partial charge in [0.25, 0.3) is 0 Å². The third kappa shape index (κ3) is 2.41. The van der Waals surface area contributed by atoms with Gasteiger partial charge in [0.05, 0.1) is 0 Å². The summed E-state index contributed by atoms with van der Waals surface area (Å²) in [5, 5.41) is 0. The molecular formula is C13H21AcNO. The van der Waals surface area contributed by atoms with E-state index < -0.39 is 39.7 Å². The number of hydrogen-bond acceptors (Lipinski definition) is 2. The summed E-state index contributed by atoms with van der Waals surface area (Å²) in [4.78, 5) is 2.23. The van der Waals surface area contributed by atoms with E-state index in [2.05, 4.69) is 41.9 Å². The van der Waals surface area contributed by atoms with Crippen molar-refractivity contribution in [3.63, 3.8) is 0 Å². The van der Waals surface area contributed by atoms with Crippen molar-refractivity contribution in [3.05, 3.63) is 16.7 Å². The third-order valence-electron chi connectivity index (χ3n) is 3.20. The van der Waals surface area contributed by atoms with Crippen molar-refractivity contribution in [2.24, 2.45) is 0 Å². The average molecular weight is 434 g/mol. The van der Waals surface area contributed by atoms with Crippen LogP contribution in [0.3, 0.4) is 0 Å². The van der Waals surface area contributed by atoms with E-state index in [-0.39, 0.29) is 0 Å². The van der Waals surface area contributed by atoms with Crippen LogP contribution in [0.2, 0.25) is 2.10 Å². The molecule has 0 aliphatic carbocycles. The Bertz CT molecular complexity index is 400. The van der Waals surface area contributed by atoms with Gasteiger partial charge in [-0.2, -0.15) is 0 Å². The molecule has 16 heavy (non-hydrogen) atoms. The SMILES string of the molecule is COc1c(C)c(C)c(N(C)C)c(C)[c]1[Ac][CH3]. The van der Waals surface area contributed by atoms with Gasteiger partial charge < -0.3 is 0 Å². The van der Waals surface area contributed by atoms with Crippen molar-refractivity contribution in [3.8, 4) is 5.75 Å². The van der Waals surface area contributed by atoms with Gasteiger partial charge in [-0.3, -0.25) is 0 Å². The van der Waals surface area contributed by atoms with Crippen molar-refractivity contribution < 1.29 is 44.4 Å². The molecule has 2 nitrogen and oxygen atoms in total. The number of hydrogen-bond donors (Lipinski definition) is 0. The molecule has 1 aromatic carbocycles. The van der Waals surface area contributed by atoms with E-state index in [0.717, 1.165) is 5.75 Å². The van der Waals surface area contributed by atoms with Crippen molar-refractivity contribution in [1.29, 1.82) is 0 Å². The van der Waals surface area contributed by atoms with Crippen LogP contribution in [0.5, 0.6) is 5.75 Å². The normalized spacial score (nSPS) is 9.94. The molecule has 0 aliphatic heterocycles. The molecule has 0 spiro atoms. The summed E-state index contributed by atoms with van der Waals surface area (Å²) in [5.74, 6) is 1.16. The first-order chi connectivity index (χ1) is 7.45. The number of rotatable bonds is 3. The molecule has 0 radical (unpaired) electrons. The molecule has 1 rings (SSSR count). The van der Waals surface area contributed by atoms with Crippen LogP contribution in [0.1, 0.15) is 16.7 Å². The van der Waals surface area contributed by atoms with Crippen LogP contribution in [0.15, 0.2) is 0 Å². The molecule has 0 saturated carbocycles. The molecular weight excluding hydrogens is 413 g/mol. The van der Waals surface area contributed by atoms with Gasteiger partial charge in [0.1, 0.15) is 0 Å². The first-order valence-corrected chi connectivity index (χ1v) is 12.7. The summed E-state index contributed by atoms with van der Waals surface area (Å²) in [6.45, 7) is 6.60.